The summed E-state index contributed by atoms with van der Waals surface area (Å²) in [4.78, 5) is 24.1. The molecule has 0 aliphatic rings. The summed E-state index contributed by atoms with van der Waals surface area (Å²) >= 11 is 0. The van der Waals surface area contributed by atoms with Crippen LogP contribution in [0.15, 0.2) is 24.3 Å². The van der Waals surface area contributed by atoms with Crippen LogP contribution in [0.3, 0.4) is 0 Å². The van der Waals surface area contributed by atoms with Crippen LogP contribution >= 0.6 is 0 Å². The molecular weight excluding hydrogens is 206 g/mol. The molecule has 0 unspecified atom stereocenters. The second-order valence-corrected chi connectivity index (χ2v) is 3.33. The van der Waals surface area contributed by atoms with E-state index < -0.39 is 0 Å². The van der Waals surface area contributed by atoms with E-state index in [4.69, 9.17) is 4.74 Å². The molecule has 1 aromatic carbocycles. The van der Waals surface area contributed by atoms with Gasteiger partial charge in [0.05, 0.1) is 5.56 Å². The van der Waals surface area contributed by atoms with Gasteiger partial charge in [-0.2, -0.15) is 0 Å². The molecule has 0 bridgehead atoms. The van der Waals surface area contributed by atoms with Gasteiger partial charge in [0.2, 0.25) is 0 Å². The lowest BCUT2D eigenvalue weighted by molar-refractivity contribution is 0.0376. The molecule has 0 spiro atoms. The Hall–Kier alpha value is -1.68. The first-order chi connectivity index (χ1) is 7.70. The molecule has 1 amide bonds. The van der Waals surface area contributed by atoms with Gasteiger partial charge >= 0.3 is 0 Å². The van der Waals surface area contributed by atoms with E-state index in [1.54, 1.807) is 31.3 Å². The molecule has 0 saturated carbocycles. The standard InChI is InChI=1S/C12H15NO3/c1-3-16-9-13(2)12(15)11-7-5-4-6-10(11)8-14/h4-8H,3,9H2,1-2H3. The van der Waals surface area contributed by atoms with Crippen molar-refractivity contribution >= 4 is 12.2 Å². The number of rotatable bonds is 5. The molecule has 0 heterocycles. The Morgan fingerprint density at radius 3 is 2.75 bits per heavy atom. The third-order valence-corrected chi connectivity index (χ3v) is 2.15. The molecule has 86 valence electrons. The van der Waals surface area contributed by atoms with Gasteiger partial charge in [-0.15, -0.1) is 0 Å². The third kappa shape index (κ3) is 2.90. The predicted octanol–water partition coefficient (Wildman–Crippen LogP) is 1.57. The number of carbonyl (C=O) groups excluding carboxylic acids is 2. The Kier molecular flexibility index (Phi) is 4.66. The van der Waals surface area contributed by atoms with Crippen molar-refractivity contribution in [2.24, 2.45) is 0 Å². The lowest BCUT2D eigenvalue weighted by Crippen LogP contribution is -2.29. The highest BCUT2D eigenvalue weighted by atomic mass is 16.5. The molecule has 0 aromatic heterocycles. The number of aldehydes is 1. The third-order valence-electron chi connectivity index (χ3n) is 2.15. The van der Waals surface area contributed by atoms with Crippen LogP contribution in [0.1, 0.15) is 27.6 Å². The highest BCUT2D eigenvalue weighted by molar-refractivity contribution is 6.01. The molecule has 0 atom stereocenters. The average molecular weight is 221 g/mol. The van der Waals surface area contributed by atoms with Crippen molar-refractivity contribution in [3.63, 3.8) is 0 Å². The molecule has 0 aliphatic carbocycles. The largest absolute Gasteiger partial charge is 0.361 e. The number of ether oxygens (including phenoxy) is 1. The van der Waals surface area contributed by atoms with Crippen LogP contribution in [0.25, 0.3) is 0 Å². The second kappa shape index (κ2) is 6.02. The first kappa shape index (κ1) is 12.4. The highest BCUT2D eigenvalue weighted by Crippen LogP contribution is 2.08. The fourth-order valence-corrected chi connectivity index (χ4v) is 1.29. The number of carbonyl (C=O) groups is 2. The number of hydrogen-bond donors (Lipinski definition) is 0. The summed E-state index contributed by atoms with van der Waals surface area (Å²) in [6.45, 7) is 2.63. The van der Waals surface area contributed by atoms with Gasteiger partial charge in [-0.3, -0.25) is 9.59 Å². The monoisotopic (exact) mass is 221 g/mol. The predicted molar refractivity (Wildman–Crippen MR) is 60.4 cm³/mol. The summed E-state index contributed by atoms with van der Waals surface area (Å²) in [5.41, 5.74) is 0.801. The van der Waals surface area contributed by atoms with E-state index in [2.05, 4.69) is 0 Å². The van der Waals surface area contributed by atoms with Crippen LogP contribution in [-0.2, 0) is 4.74 Å². The SMILES string of the molecule is CCOCN(C)C(=O)c1ccccc1C=O. The number of benzene rings is 1. The summed E-state index contributed by atoms with van der Waals surface area (Å²) in [6.07, 6.45) is 0.682. The molecule has 0 N–H and O–H groups in total. The summed E-state index contributed by atoms with van der Waals surface area (Å²) in [7, 11) is 1.64. The Labute approximate surface area is 94.8 Å². The van der Waals surface area contributed by atoms with Gasteiger partial charge in [0.15, 0.2) is 6.29 Å². The van der Waals surface area contributed by atoms with Gasteiger partial charge in [0.1, 0.15) is 6.73 Å². The van der Waals surface area contributed by atoms with Crippen molar-refractivity contribution in [3.8, 4) is 0 Å². The Morgan fingerprint density at radius 1 is 1.44 bits per heavy atom. The molecule has 0 radical (unpaired) electrons. The van der Waals surface area contributed by atoms with Crippen LogP contribution in [-0.4, -0.2) is 37.5 Å². The molecule has 0 aliphatic heterocycles. The molecule has 4 nitrogen and oxygen atoms in total. The first-order valence-corrected chi connectivity index (χ1v) is 5.08. The van der Waals surface area contributed by atoms with Gasteiger partial charge in [0, 0.05) is 19.2 Å². The maximum atomic E-state index is 11.9. The Morgan fingerprint density at radius 2 is 2.12 bits per heavy atom. The molecule has 4 heteroatoms. The van der Waals surface area contributed by atoms with Crippen LogP contribution in [0.2, 0.25) is 0 Å². The Bertz CT molecular complexity index is 376. The molecule has 1 rings (SSSR count). The zero-order valence-electron chi connectivity index (χ0n) is 9.47. The maximum absolute atomic E-state index is 11.9. The van der Waals surface area contributed by atoms with E-state index in [9.17, 15) is 9.59 Å². The molecular formula is C12H15NO3. The first-order valence-electron chi connectivity index (χ1n) is 5.08. The molecule has 1 aromatic rings. The second-order valence-electron chi connectivity index (χ2n) is 3.33. The Balaban J connectivity index is 2.83. The fraction of sp³-hybridized carbons (Fsp3) is 0.333. The van der Waals surface area contributed by atoms with E-state index in [1.165, 1.54) is 4.90 Å². The maximum Gasteiger partial charge on any atom is 0.256 e. The zero-order chi connectivity index (χ0) is 12.0. The number of amides is 1. The van der Waals surface area contributed by atoms with E-state index in [1.807, 2.05) is 6.92 Å². The number of nitrogens with zero attached hydrogens (tertiary/aromatic N) is 1. The summed E-state index contributed by atoms with van der Waals surface area (Å²) in [5, 5.41) is 0. The summed E-state index contributed by atoms with van der Waals surface area (Å²) < 4.78 is 5.13. The summed E-state index contributed by atoms with van der Waals surface area (Å²) in [6, 6.07) is 6.71. The van der Waals surface area contributed by atoms with Crippen LogP contribution in [0.4, 0.5) is 0 Å². The van der Waals surface area contributed by atoms with Crippen LogP contribution in [0, 0.1) is 0 Å². The molecule has 0 saturated heterocycles. The smallest absolute Gasteiger partial charge is 0.256 e. The normalized spacial score (nSPS) is 9.88. The van der Waals surface area contributed by atoms with Crippen molar-refractivity contribution in [1.82, 2.24) is 4.90 Å². The fourth-order valence-electron chi connectivity index (χ4n) is 1.29. The lowest BCUT2D eigenvalue weighted by atomic mass is 10.1. The van der Waals surface area contributed by atoms with Gasteiger partial charge in [-0.1, -0.05) is 18.2 Å². The quantitative estimate of drug-likeness (QED) is 0.560. The van der Waals surface area contributed by atoms with E-state index in [0.717, 1.165) is 0 Å². The minimum Gasteiger partial charge on any atom is -0.361 e. The minimum absolute atomic E-state index is 0.212. The van der Waals surface area contributed by atoms with Crippen molar-refractivity contribution in [2.45, 2.75) is 6.92 Å². The van der Waals surface area contributed by atoms with E-state index in [0.29, 0.717) is 24.0 Å². The van der Waals surface area contributed by atoms with E-state index >= 15 is 0 Å². The van der Waals surface area contributed by atoms with Crippen molar-refractivity contribution in [2.75, 3.05) is 20.4 Å². The van der Waals surface area contributed by atoms with Gasteiger partial charge in [0.25, 0.3) is 5.91 Å². The van der Waals surface area contributed by atoms with Crippen LogP contribution < -0.4 is 0 Å². The van der Waals surface area contributed by atoms with Crippen molar-refractivity contribution in [1.29, 1.82) is 0 Å². The minimum atomic E-state index is -0.212. The van der Waals surface area contributed by atoms with Crippen molar-refractivity contribution in [3.05, 3.63) is 35.4 Å². The van der Waals surface area contributed by atoms with Crippen LogP contribution in [0.5, 0.6) is 0 Å². The molecule has 0 fully saturated rings. The number of hydrogen-bond acceptors (Lipinski definition) is 3. The average Bonchev–Trinajstić information content (AvgIpc) is 2.34. The van der Waals surface area contributed by atoms with E-state index in [-0.39, 0.29) is 12.6 Å². The van der Waals surface area contributed by atoms with Gasteiger partial charge < -0.3 is 9.64 Å². The lowest BCUT2D eigenvalue weighted by Gasteiger charge is -2.17. The zero-order valence-corrected chi connectivity index (χ0v) is 9.47. The molecule has 16 heavy (non-hydrogen) atoms. The topological polar surface area (TPSA) is 46.6 Å². The highest BCUT2D eigenvalue weighted by Gasteiger charge is 2.14. The summed E-state index contributed by atoms with van der Waals surface area (Å²) in [5.74, 6) is -0.212. The van der Waals surface area contributed by atoms with Gasteiger partial charge in [-0.25, -0.2) is 0 Å². The van der Waals surface area contributed by atoms with Crippen molar-refractivity contribution < 1.29 is 14.3 Å². The van der Waals surface area contributed by atoms with Gasteiger partial charge in [-0.05, 0) is 13.0 Å².